The van der Waals surface area contributed by atoms with Crippen molar-refractivity contribution in [1.82, 2.24) is 5.16 Å². The van der Waals surface area contributed by atoms with Gasteiger partial charge in [-0.2, -0.15) is 0 Å². The lowest BCUT2D eigenvalue weighted by Crippen LogP contribution is -2.06. The van der Waals surface area contributed by atoms with Crippen LogP contribution in [0.25, 0.3) is 0 Å². The van der Waals surface area contributed by atoms with Crippen LogP contribution in [0.4, 0.5) is 9.59 Å². The van der Waals surface area contributed by atoms with Gasteiger partial charge < -0.3 is 24.2 Å². The molecule has 1 rings (SSSR count). The zero-order valence-corrected chi connectivity index (χ0v) is 5.96. The first-order chi connectivity index (χ1) is 6.09. The number of carbonyl (C=O) groups is 2. The van der Waals surface area contributed by atoms with E-state index in [-0.39, 0.29) is 0 Å². The van der Waals surface area contributed by atoms with Gasteiger partial charge in [0.15, 0.2) is 0 Å². The number of hydrogen-bond donors (Lipinski definition) is 2. The summed E-state index contributed by atoms with van der Waals surface area (Å²) in [6.45, 7) is 0. The molecule has 13 heavy (non-hydrogen) atoms. The van der Waals surface area contributed by atoms with Gasteiger partial charge in [-0.25, -0.2) is 9.59 Å². The van der Waals surface area contributed by atoms with Crippen molar-refractivity contribution >= 4 is 12.3 Å². The van der Waals surface area contributed by atoms with Crippen molar-refractivity contribution in [2.24, 2.45) is 0 Å². The van der Waals surface area contributed by atoms with Crippen LogP contribution in [0.2, 0.25) is 0 Å². The second-order valence-electron chi connectivity index (χ2n) is 1.71. The normalized spacial score (nSPS) is 9.23. The van der Waals surface area contributed by atoms with Gasteiger partial charge in [0.25, 0.3) is 0 Å². The van der Waals surface area contributed by atoms with E-state index in [9.17, 15) is 9.59 Å². The van der Waals surface area contributed by atoms with Crippen molar-refractivity contribution < 1.29 is 33.8 Å². The van der Waals surface area contributed by atoms with Gasteiger partial charge in [0.2, 0.25) is 5.75 Å². The predicted molar refractivity (Wildman–Crippen MR) is 33.8 cm³/mol. The molecule has 0 atom stereocenters. The maximum atomic E-state index is 10.0. The van der Waals surface area contributed by atoms with E-state index in [0.717, 1.165) is 6.20 Å². The molecule has 8 heteroatoms. The molecule has 8 nitrogen and oxygen atoms in total. The van der Waals surface area contributed by atoms with Gasteiger partial charge in [0, 0.05) is 0 Å². The Morgan fingerprint density at radius 3 is 2.46 bits per heavy atom. The fourth-order valence-corrected chi connectivity index (χ4v) is 0.530. The van der Waals surface area contributed by atoms with E-state index in [1.807, 2.05) is 0 Å². The third kappa shape index (κ3) is 2.36. The van der Waals surface area contributed by atoms with Gasteiger partial charge in [-0.1, -0.05) is 5.16 Å². The van der Waals surface area contributed by atoms with Crippen LogP contribution in [0.3, 0.4) is 0 Å². The Labute approximate surface area is 70.3 Å². The minimum Gasteiger partial charge on any atom is -0.449 e. The van der Waals surface area contributed by atoms with Gasteiger partial charge in [0.1, 0.15) is 6.20 Å². The fourth-order valence-electron chi connectivity index (χ4n) is 0.530. The SMILES string of the molecule is O=C(O)Oc1cnoc1OC(=O)O. The topological polar surface area (TPSA) is 119 Å². The average molecular weight is 189 g/mol. The summed E-state index contributed by atoms with van der Waals surface area (Å²) in [5.74, 6) is -1.05. The number of nitrogens with zero attached hydrogens (tertiary/aromatic N) is 1. The maximum absolute atomic E-state index is 10.0. The summed E-state index contributed by atoms with van der Waals surface area (Å²) < 4.78 is 12.3. The van der Waals surface area contributed by atoms with Crippen LogP contribution in [0.15, 0.2) is 10.7 Å². The first kappa shape index (κ1) is 8.84. The van der Waals surface area contributed by atoms with E-state index < -0.39 is 24.0 Å². The second kappa shape index (κ2) is 3.43. The quantitative estimate of drug-likeness (QED) is 0.655. The lowest BCUT2D eigenvalue weighted by molar-refractivity contribution is 0.119. The molecule has 0 aliphatic rings. The van der Waals surface area contributed by atoms with Crippen LogP contribution in [-0.2, 0) is 0 Å². The molecule has 0 bridgehead atoms. The lowest BCUT2D eigenvalue weighted by Gasteiger charge is -1.96. The van der Waals surface area contributed by atoms with Crippen LogP contribution in [-0.4, -0.2) is 27.7 Å². The summed E-state index contributed by atoms with van der Waals surface area (Å²) in [5.41, 5.74) is 0. The average Bonchev–Trinajstić information content (AvgIpc) is 2.34. The zero-order chi connectivity index (χ0) is 9.84. The Morgan fingerprint density at radius 1 is 1.31 bits per heavy atom. The van der Waals surface area contributed by atoms with E-state index in [0.29, 0.717) is 0 Å². The van der Waals surface area contributed by atoms with E-state index in [2.05, 4.69) is 19.2 Å². The van der Waals surface area contributed by atoms with Crippen LogP contribution in [0.1, 0.15) is 0 Å². The first-order valence-electron chi connectivity index (χ1n) is 2.86. The molecule has 70 valence electrons. The molecule has 1 aromatic rings. The minimum atomic E-state index is -1.66. The molecule has 1 aromatic heterocycles. The fraction of sp³-hybridized carbons (Fsp3) is 0. The van der Waals surface area contributed by atoms with Crippen LogP contribution in [0.5, 0.6) is 11.7 Å². The summed E-state index contributed by atoms with van der Waals surface area (Å²) in [6, 6.07) is 0. The van der Waals surface area contributed by atoms with Crippen molar-refractivity contribution in [1.29, 1.82) is 0 Å². The van der Waals surface area contributed by atoms with E-state index in [1.54, 1.807) is 0 Å². The molecule has 0 unspecified atom stereocenters. The molecular weight excluding hydrogens is 186 g/mol. The lowest BCUT2D eigenvalue weighted by atomic mass is 10.6. The molecule has 0 aliphatic carbocycles. The van der Waals surface area contributed by atoms with Crippen molar-refractivity contribution in [3.05, 3.63) is 6.20 Å². The number of aromatic nitrogens is 1. The highest BCUT2D eigenvalue weighted by molar-refractivity contribution is 5.64. The molecule has 0 radical (unpaired) electrons. The smallest absolute Gasteiger partial charge is 0.449 e. The molecule has 2 N–H and O–H groups in total. The van der Waals surface area contributed by atoms with Crippen molar-refractivity contribution in [2.75, 3.05) is 0 Å². The van der Waals surface area contributed by atoms with Crippen LogP contribution < -0.4 is 9.47 Å². The largest absolute Gasteiger partial charge is 0.513 e. The number of carboxylic acid groups (broad SMARTS) is 2. The summed E-state index contributed by atoms with van der Waals surface area (Å²) >= 11 is 0. The van der Waals surface area contributed by atoms with Gasteiger partial charge in [-0.15, -0.1) is 0 Å². The highest BCUT2D eigenvalue weighted by Gasteiger charge is 2.17. The van der Waals surface area contributed by atoms with E-state index in [1.165, 1.54) is 0 Å². The Balaban J connectivity index is 2.76. The van der Waals surface area contributed by atoms with Crippen molar-refractivity contribution in [3.8, 4) is 11.7 Å². The predicted octanol–water partition coefficient (Wildman–Crippen LogP) is 0.788. The standard InChI is InChI=1S/C5H3NO7/c7-4(8)11-2-1-6-13-3(2)12-5(9)10/h1H,(H,7,8)(H,9,10). The zero-order valence-electron chi connectivity index (χ0n) is 5.96. The monoisotopic (exact) mass is 189 g/mol. The van der Waals surface area contributed by atoms with Crippen molar-refractivity contribution in [2.45, 2.75) is 0 Å². The molecule has 1 heterocycles. The summed E-state index contributed by atoms with van der Waals surface area (Å²) in [7, 11) is 0. The molecule has 0 spiro atoms. The summed E-state index contributed by atoms with van der Waals surface area (Å²) in [4.78, 5) is 20.0. The van der Waals surface area contributed by atoms with Gasteiger partial charge in [-0.05, 0) is 0 Å². The molecule has 0 fully saturated rings. The van der Waals surface area contributed by atoms with Gasteiger partial charge in [0.05, 0.1) is 0 Å². The highest BCUT2D eigenvalue weighted by atomic mass is 16.7. The molecule has 0 aliphatic heterocycles. The van der Waals surface area contributed by atoms with Crippen molar-refractivity contribution in [3.63, 3.8) is 0 Å². The molecular formula is C5H3NO7. The Hall–Kier alpha value is -2.25. The first-order valence-corrected chi connectivity index (χ1v) is 2.86. The minimum absolute atomic E-state index is 0.421. The molecule has 0 saturated carbocycles. The van der Waals surface area contributed by atoms with E-state index >= 15 is 0 Å². The Bertz CT molecular complexity index is 299. The number of hydrogen-bond acceptors (Lipinski definition) is 6. The molecule has 0 amide bonds. The third-order valence-corrected chi connectivity index (χ3v) is 0.884. The van der Waals surface area contributed by atoms with Gasteiger partial charge in [-0.3, -0.25) is 0 Å². The number of ether oxygens (including phenoxy) is 2. The van der Waals surface area contributed by atoms with Gasteiger partial charge >= 0.3 is 18.3 Å². The highest BCUT2D eigenvalue weighted by Crippen LogP contribution is 2.26. The maximum Gasteiger partial charge on any atom is 0.513 e. The third-order valence-electron chi connectivity index (χ3n) is 0.884. The van der Waals surface area contributed by atoms with Crippen LogP contribution >= 0.6 is 0 Å². The molecule has 0 aromatic carbocycles. The Morgan fingerprint density at radius 2 is 1.92 bits per heavy atom. The second-order valence-corrected chi connectivity index (χ2v) is 1.71. The molecule has 0 saturated heterocycles. The summed E-state index contributed by atoms with van der Waals surface area (Å²) in [5, 5.41) is 19.4. The van der Waals surface area contributed by atoms with E-state index in [4.69, 9.17) is 10.2 Å². The Kier molecular flexibility index (Phi) is 2.33. The van der Waals surface area contributed by atoms with Crippen LogP contribution in [0, 0.1) is 0 Å². The number of rotatable bonds is 2. The summed E-state index contributed by atoms with van der Waals surface area (Å²) in [6.07, 6.45) is -2.42.